The van der Waals surface area contributed by atoms with Gasteiger partial charge in [-0.05, 0) is 44.2 Å². The van der Waals surface area contributed by atoms with Gasteiger partial charge in [0.25, 0.3) is 0 Å². The van der Waals surface area contributed by atoms with Crippen LogP contribution in [0.2, 0.25) is 0 Å². The maximum atomic E-state index is 12.5. The molecule has 108 valence electrons. The molecule has 2 fully saturated rings. The van der Waals surface area contributed by atoms with Crippen molar-refractivity contribution >= 4 is 21.7 Å². The van der Waals surface area contributed by atoms with E-state index in [9.17, 15) is 4.79 Å². The number of likely N-dealkylation sites (tertiary alicyclic amines) is 1. The highest BCUT2D eigenvalue weighted by Gasteiger charge is 2.34. The number of carbonyl (C=O) groups excluding carboxylic acids is 1. The third-order valence-corrected chi connectivity index (χ3v) is 5.57. The van der Waals surface area contributed by atoms with Crippen LogP contribution in [0.4, 0.5) is 0 Å². The molecule has 1 aliphatic carbocycles. The molecule has 1 heterocycles. The minimum Gasteiger partial charge on any atom is -0.293 e. The molecular weight excluding hydrogens is 314 g/mol. The molecule has 2 aliphatic rings. The van der Waals surface area contributed by atoms with Gasteiger partial charge in [0, 0.05) is 16.1 Å². The molecule has 1 aromatic carbocycles. The Hall–Kier alpha value is -0.670. The number of nitrogens with zero attached hydrogens (tertiary/aromatic N) is 1. The largest absolute Gasteiger partial charge is 0.293 e. The predicted octanol–water partition coefficient (Wildman–Crippen LogP) is 4.29. The first-order valence-electron chi connectivity index (χ1n) is 7.77. The number of hydrogen-bond acceptors (Lipinski definition) is 2. The summed E-state index contributed by atoms with van der Waals surface area (Å²) in [6.45, 7) is 1.68. The first-order chi connectivity index (χ1) is 9.75. The van der Waals surface area contributed by atoms with Crippen LogP contribution < -0.4 is 0 Å². The van der Waals surface area contributed by atoms with Crippen molar-refractivity contribution < 1.29 is 4.79 Å². The lowest BCUT2D eigenvalue weighted by molar-refractivity contribution is 0.0895. The lowest BCUT2D eigenvalue weighted by Gasteiger charge is -2.28. The van der Waals surface area contributed by atoms with Gasteiger partial charge in [-0.2, -0.15) is 0 Å². The Morgan fingerprint density at radius 1 is 1.15 bits per heavy atom. The minimum absolute atomic E-state index is 0.252. The molecule has 3 heteroatoms. The van der Waals surface area contributed by atoms with E-state index in [4.69, 9.17) is 0 Å². The van der Waals surface area contributed by atoms with Crippen molar-refractivity contribution in [1.29, 1.82) is 0 Å². The van der Waals surface area contributed by atoms with E-state index in [1.165, 1.54) is 38.5 Å². The van der Waals surface area contributed by atoms with E-state index in [1.54, 1.807) is 0 Å². The molecule has 0 N–H and O–H groups in total. The van der Waals surface area contributed by atoms with Gasteiger partial charge in [-0.25, -0.2) is 0 Å². The second-order valence-electron chi connectivity index (χ2n) is 6.13. The van der Waals surface area contributed by atoms with Crippen LogP contribution in [0.25, 0.3) is 0 Å². The van der Waals surface area contributed by atoms with Crippen LogP contribution in [-0.2, 0) is 0 Å². The molecule has 2 nitrogen and oxygen atoms in total. The van der Waals surface area contributed by atoms with Crippen molar-refractivity contribution in [2.45, 2.75) is 44.6 Å². The van der Waals surface area contributed by atoms with Crippen molar-refractivity contribution in [2.75, 3.05) is 13.1 Å². The summed E-state index contributed by atoms with van der Waals surface area (Å²) in [7, 11) is 0. The van der Waals surface area contributed by atoms with E-state index >= 15 is 0 Å². The average Bonchev–Trinajstić information content (AvgIpc) is 3.09. The quantitative estimate of drug-likeness (QED) is 0.765. The summed E-state index contributed by atoms with van der Waals surface area (Å²) in [5.74, 6) is 1.09. The van der Waals surface area contributed by atoms with Crippen molar-refractivity contribution in [2.24, 2.45) is 5.92 Å². The molecule has 1 aromatic rings. The monoisotopic (exact) mass is 335 g/mol. The normalized spacial score (nSPS) is 24.4. The smallest absolute Gasteiger partial charge is 0.177 e. The lowest BCUT2D eigenvalue weighted by atomic mass is 9.95. The number of rotatable bonds is 4. The fourth-order valence-electron chi connectivity index (χ4n) is 3.88. The fraction of sp³-hybridized carbons (Fsp3) is 0.588. The number of Topliss-reactive ketones (excluding diaryl/α,β-unsaturated/α-hetero) is 1. The molecule has 3 rings (SSSR count). The van der Waals surface area contributed by atoms with Crippen LogP contribution in [0.3, 0.4) is 0 Å². The van der Waals surface area contributed by atoms with E-state index in [2.05, 4.69) is 20.8 Å². The molecule has 1 unspecified atom stereocenters. The first kappa shape index (κ1) is 14.3. The van der Waals surface area contributed by atoms with Crippen molar-refractivity contribution in [1.82, 2.24) is 4.90 Å². The summed E-state index contributed by atoms with van der Waals surface area (Å²) in [6, 6.07) is 8.43. The molecule has 0 aromatic heterocycles. The summed E-state index contributed by atoms with van der Waals surface area (Å²) in [5.41, 5.74) is 0.824. The van der Waals surface area contributed by atoms with Gasteiger partial charge in [-0.1, -0.05) is 47.0 Å². The van der Waals surface area contributed by atoms with Gasteiger partial charge in [-0.3, -0.25) is 9.69 Å². The Bertz CT molecular complexity index is 482. The predicted molar refractivity (Wildman–Crippen MR) is 85.0 cm³/mol. The summed E-state index contributed by atoms with van der Waals surface area (Å²) in [5, 5.41) is 0. The molecule has 1 saturated carbocycles. The standard InChI is InChI=1S/C17H22BrNO/c18-15-9-4-3-8-14(15)17(20)12-19-11-5-10-16(19)13-6-1-2-7-13/h3-4,8-9,13,16H,1-2,5-7,10-12H2. The van der Waals surface area contributed by atoms with E-state index in [1.807, 2.05) is 24.3 Å². The van der Waals surface area contributed by atoms with Gasteiger partial charge in [0.15, 0.2) is 5.78 Å². The van der Waals surface area contributed by atoms with Crippen molar-refractivity contribution in [3.63, 3.8) is 0 Å². The number of hydrogen-bond donors (Lipinski definition) is 0. The molecule has 20 heavy (non-hydrogen) atoms. The van der Waals surface area contributed by atoms with Gasteiger partial charge in [0.05, 0.1) is 6.54 Å². The van der Waals surface area contributed by atoms with Crippen LogP contribution >= 0.6 is 15.9 Å². The maximum Gasteiger partial charge on any atom is 0.177 e. The van der Waals surface area contributed by atoms with Gasteiger partial charge in [0.1, 0.15) is 0 Å². The third kappa shape index (κ3) is 2.99. The van der Waals surface area contributed by atoms with Gasteiger partial charge >= 0.3 is 0 Å². The SMILES string of the molecule is O=C(CN1CCCC1C1CCCC1)c1ccccc1Br. The van der Waals surface area contributed by atoms with Crippen molar-refractivity contribution in [3.8, 4) is 0 Å². The Labute approximate surface area is 129 Å². The van der Waals surface area contributed by atoms with Crippen LogP contribution in [0.15, 0.2) is 28.7 Å². The summed E-state index contributed by atoms with van der Waals surface area (Å²) in [6.07, 6.45) is 8.04. The fourth-order valence-corrected chi connectivity index (χ4v) is 4.39. The molecule has 0 spiro atoms. The number of ketones is 1. The lowest BCUT2D eigenvalue weighted by Crippen LogP contribution is -2.38. The molecule has 0 radical (unpaired) electrons. The molecule has 1 atom stereocenters. The number of benzene rings is 1. The van der Waals surface area contributed by atoms with E-state index in [0.717, 1.165) is 22.5 Å². The van der Waals surface area contributed by atoms with Crippen molar-refractivity contribution in [3.05, 3.63) is 34.3 Å². The number of halogens is 1. The van der Waals surface area contributed by atoms with Crippen LogP contribution in [0.5, 0.6) is 0 Å². The minimum atomic E-state index is 0.252. The molecular formula is C17H22BrNO. The topological polar surface area (TPSA) is 20.3 Å². The zero-order valence-corrected chi connectivity index (χ0v) is 13.4. The summed E-state index contributed by atoms with van der Waals surface area (Å²) < 4.78 is 0.918. The van der Waals surface area contributed by atoms with Crippen LogP contribution in [0.1, 0.15) is 48.9 Å². The van der Waals surface area contributed by atoms with Crippen LogP contribution in [-0.4, -0.2) is 29.8 Å². The Morgan fingerprint density at radius 2 is 1.90 bits per heavy atom. The highest BCUT2D eigenvalue weighted by Crippen LogP contribution is 2.35. The van der Waals surface area contributed by atoms with E-state index in [-0.39, 0.29) is 5.78 Å². The van der Waals surface area contributed by atoms with E-state index < -0.39 is 0 Å². The molecule has 1 aliphatic heterocycles. The second kappa shape index (κ2) is 6.40. The third-order valence-electron chi connectivity index (χ3n) is 4.88. The Balaban J connectivity index is 1.67. The van der Waals surface area contributed by atoms with E-state index in [0.29, 0.717) is 12.6 Å². The second-order valence-corrected chi connectivity index (χ2v) is 6.98. The van der Waals surface area contributed by atoms with Gasteiger partial charge in [-0.15, -0.1) is 0 Å². The highest BCUT2D eigenvalue weighted by molar-refractivity contribution is 9.10. The maximum absolute atomic E-state index is 12.5. The highest BCUT2D eigenvalue weighted by atomic mass is 79.9. The first-order valence-corrected chi connectivity index (χ1v) is 8.57. The summed E-state index contributed by atoms with van der Waals surface area (Å²) >= 11 is 3.49. The Morgan fingerprint density at radius 3 is 2.65 bits per heavy atom. The zero-order valence-electron chi connectivity index (χ0n) is 11.9. The Kier molecular flexibility index (Phi) is 4.57. The molecule has 0 bridgehead atoms. The van der Waals surface area contributed by atoms with Crippen LogP contribution in [0, 0.1) is 5.92 Å². The summed E-state index contributed by atoms with van der Waals surface area (Å²) in [4.78, 5) is 15.0. The van der Waals surface area contributed by atoms with Gasteiger partial charge < -0.3 is 0 Å². The van der Waals surface area contributed by atoms with Gasteiger partial charge in [0.2, 0.25) is 0 Å². The average molecular weight is 336 g/mol. The molecule has 0 amide bonds. The number of carbonyl (C=O) groups is 1. The molecule has 1 saturated heterocycles. The zero-order chi connectivity index (χ0) is 13.9.